The van der Waals surface area contributed by atoms with Crippen molar-refractivity contribution in [3.8, 4) is 11.5 Å². The average Bonchev–Trinajstić information content (AvgIpc) is 3.23. The van der Waals surface area contributed by atoms with E-state index in [1.54, 1.807) is 26.0 Å². The van der Waals surface area contributed by atoms with Gasteiger partial charge in [-0.25, -0.2) is 4.79 Å². The van der Waals surface area contributed by atoms with Gasteiger partial charge in [0.2, 0.25) is 5.75 Å². The number of benzene rings is 3. The monoisotopic (exact) mass is 444 g/mol. The summed E-state index contributed by atoms with van der Waals surface area (Å²) in [6, 6.07) is 23.8. The Balaban J connectivity index is 1.75. The van der Waals surface area contributed by atoms with Crippen LogP contribution < -0.4 is 15.1 Å². The van der Waals surface area contributed by atoms with Crippen molar-refractivity contribution in [2.24, 2.45) is 0 Å². The van der Waals surface area contributed by atoms with E-state index in [0.717, 1.165) is 11.1 Å². The van der Waals surface area contributed by atoms with E-state index in [4.69, 9.17) is 13.9 Å². The summed E-state index contributed by atoms with van der Waals surface area (Å²) in [6.45, 7) is 3.10. The van der Waals surface area contributed by atoms with Crippen molar-refractivity contribution < 1.29 is 24.1 Å². The molecule has 2 N–H and O–H groups in total. The molecule has 0 spiro atoms. The molecule has 0 bridgehead atoms. The first kappa shape index (κ1) is 21.2. The standard InChI is InChI=1S/C27H24O6/c1-26(2,30)21(28)16-18-15-17-13-14-22(29)31-23(17)25-24(18)32-27(33-25,19-9-5-3-6-10-19)20-11-7-4-8-12-20/h3-15,21,28,30H,16H2,1-2H3. The second-order valence-electron chi connectivity index (χ2n) is 8.79. The molecule has 0 aliphatic carbocycles. The first-order valence-electron chi connectivity index (χ1n) is 10.8. The summed E-state index contributed by atoms with van der Waals surface area (Å²) in [4.78, 5) is 12.0. The lowest BCUT2D eigenvalue weighted by molar-refractivity contribution is -0.0516. The Morgan fingerprint density at radius 1 is 0.879 bits per heavy atom. The lowest BCUT2D eigenvalue weighted by Gasteiger charge is -2.29. The molecule has 2 heterocycles. The number of hydrogen-bond donors (Lipinski definition) is 2. The molecule has 1 aliphatic rings. The maximum atomic E-state index is 12.0. The molecule has 1 aromatic heterocycles. The van der Waals surface area contributed by atoms with Crippen molar-refractivity contribution in [1.29, 1.82) is 0 Å². The Morgan fingerprint density at radius 3 is 2.03 bits per heavy atom. The summed E-state index contributed by atoms with van der Waals surface area (Å²) in [5.41, 5.74) is 0.595. The minimum absolute atomic E-state index is 0.115. The first-order chi connectivity index (χ1) is 15.8. The molecule has 0 saturated heterocycles. The van der Waals surface area contributed by atoms with Gasteiger partial charge in [0, 0.05) is 34.6 Å². The van der Waals surface area contributed by atoms with E-state index in [9.17, 15) is 15.0 Å². The molecule has 6 nitrogen and oxygen atoms in total. The Bertz CT molecular complexity index is 1310. The third-order valence-electron chi connectivity index (χ3n) is 5.93. The van der Waals surface area contributed by atoms with Crippen LogP contribution in [0.4, 0.5) is 0 Å². The van der Waals surface area contributed by atoms with Crippen LogP contribution in [0.1, 0.15) is 30.5 Å². The van der Waals surface area contributed by atoms with Crippen molar-refractivity contribution in [1.82, 2.24) is 0 Å². The van der Waals surface area contributed by atoms with Crippen molar-refractivity contribution in [2.75, 3.05) is 0 Å². The summed E-state index contributed by atoms with van der Waals surface area (Å²) >= 11 is 0. The molecule has 0 fully saturated rings. The topological polar surface area (TPSA) is 89.1 Å². The number of aliphatic hydroxyl groups is 2. The van der Waals surface area contributed by atoms with Gasteiger partial charge in [-0.15, -0.1) is 0 Å². The lowest BCUT2D eigenvalue weighted by atomic mass is 9.94. The van der Waals surface area contributed by atoms with Gasteiger partial charge in [0.1, 0.15) is 0 Å². The molecule has 6 heteroatoms. The van der Waals surface area contributed by atoms with Crippen LogP contribution in [0.15, 0.2) is 88.1 Å². The van der Waals surface area contributed by atoms with Crippen molar-refractivity contribution in [2.45, 2.75) is 37.8 Å². The zero-order chi connectivity index (χ0) is 23.2. The smallest absolute Gasteiger partial charge is 0.336 e. The molecule has 0 radical (unpaired) electrons. The highest BCUT2D eigenvalue weighted by Crippen LogP contribution is 2.52. The highest BCUT2D eigenvalue weighted by Gasteiger charge is 2.48. The zero-order valence-electron chi connectivity index (χ0n) is 18.3. The van der Waals surface area contributed by atoms with Gasteiger partial charge in [-0.1, -0.05) is 60.7 Å². The van der Waals surface area contributed by atoms with Gasteiger partial charge in [0.25, 0.3) is 0 Å². The summed E-state index contributed by atoms with van der Waals surface area (Å²) in [5.74, 6) is -0.661. The Hall–Kier alpha value is -3.61. The minimum Gasteiger partial charge on any atom is -0.440 e. The lowest BCUT2D eigenvalue weighted by Crippen LogP contribution is -2.38. The third kappa shape index (κ3) is 3.67. The fraction of sp³-hybridized carbons (Fsp3) is 0.222. The quantitative estimate of drug-likeness (QED) is 0.450. The summed E-state index contributed by atoms with van der Waals surface area (Å²) in [7, 11) is 0. The van der Waals surface area contributed by atoms with Crippen molar-refractivity contribution in [3.05, 3.63) is 106 Å². The SMILES string of the molecule is CC(C)(O)C(O)Cc1cc2ccc(=O)oc2c2c1OC(c1ccccc1)(c1ccccc1)O2. The number of aliphatic hydroxyl groups excluding tert-OH is 1. The molecular formula is C27H24O6. The molecule has 33 heavy (non-hydrogen) atoms. The third-order valence-corrected chi connectivity index (χ3v) is 5.93. The second-order valence-corrected chi connectivity index (χ2v) is 8.79. The fourth-order valence-electron chi connectivity index (χ4n) is 4.06. The molecule has 3 aromatic carbocycles. The predicted octanol–water partition coefficient (Wildman–Crippen LogP) is 4.14. The maximum Gasteiger partial charge on any atom is 0.336 e. The van der Waals surface area contributed by atoms with Gasteiger partial charge in [0.15, 0.2) is 11.3 Å². The van der Waals surface area contributed by atoms with E-state index in [1.165, 1.54) is 6.07 Å². The van der Waals surface area contributed by atoms with Crippen LogP contribution in [-0.4, -0.2) is 21.9 Å². The molecule has 0 amide bonds. The van der Waals surface area contributed by atoms with Gasteiger partial charge >= 0.3 is 11.4 Å². The number of hydrogen-bond acceptors (Lipinski definition) is 6. The fourth-order valence-corrected chi connectivity index (χ4v) is 4.06. The number of ether oxygens (including phenoxy) is 2. The van der Waals surface area contributed by atoms with E-state index in [2.05, 4.69) is 0 Å². The normalized spacial score (nSPS) is 15.5. The van der Waals surface area contributed by atoms with Gasteiger partial charge in [0.05, 0.1) is 11.7 Å². The van der Waals surface area contributed by atoms with Crippen molar-refractivity contribution >= 4 is 11.0 Å². The summed E-state index contributed by atoms with van der Waals surface area (Å²) in [5, 5.41) is 21.6. The highest BCUT2D eigenvalue weighted by molar-refractivity contribution is 5.87. The van der Waals surface area contributed by atoms with Gasteiger partial charge < -0.3 is 24.1 Å². The Morgan fingerprint density at radius 2 is 1.45 bits per heavy atom. The Kier molecular flexibility index (Phi) is 5.00. The zero-order valence-corrected chi connectivity index (χ0v) is 18.3. The van der Waals surface area contributed by atoms with Gasteiger partial charge in [-0.3, -0.25) is 0 Å². The predicted molar refractivity (Wildman–Crippen MR) is 123 cm³/mol. The van der Waals surface area contributed by atoms with Crippen LogP contribution in [0.2, 0.25) is 0 Å². The van der Waals surface area contributed by atoms with Gasteiger partial charge in [-0.2, -0.15) is 0 Å². The molecular weight excluding hydrogens is 420 g/mol. The molecule has 1 atom stereocenters. The molecule has 0 saturated carbocycles. The number of fused-ring (bicyclic) bond motifs is 3. The highest BCUT2D eigenvalue weighted by atomic mass is 16.7. The summed E-state index contributed by atoms with van der Waals surface area (Å²) < 4.78 is 18.7. The van der Waals surface area contributed by atoms with Crippen LogP contribution in [0.3, 0.4) is 0 Å². The van der Waals surface area contributed by atoms with Crippen LogP contribution >= 0.6 is 0 Å². The number of rotatable bonds is 5. The van der Waals surface area contributed by atoms with E-state index in [1.807, 2.05) is 60.7 Å². The first-order valence-corrected chi connectivity index (χ1v) is 10.8. The largest absolute Gasteiger partial charge is 0.440 e. The summed E-state index contributed by atoms with van der Waals surface area (Å²) in [6.07, 6.45) is -0.939. The molecule has 1 aliphatic heterocycles. The van der Waals surface area contributed by atoms with E-state index in [0.29, 0.717) is 16.7 Å². The van der Waals surface area contributed by atoms with Crippen LogP contribution in [0.25, 0.3) is 11.0 Å². The van der Waals surface area contributed by atoms with Crippen LogP contribution in [-0.2, 0) is 12.2 Å². The molecule has 1 unspecified atom stereocenters. The van der Waals surface area contributed by atoms with E-state index >= 15 is 0 Å². The van der Waals surface area contributed by atoms with E-state index < -0.39 is 23.1 Å². The molecule has 5 rings (SSSR count). The average molecular weight is 444 g/mol. The van der Waals surface area contributed by atoms with E-state index in [-0.39, 0.29) is 17.8 Å². The van der Waals surface area contributed by atoms with Crippen LogP contribution in [0.5, 0.6) is 11.5 Å². The maximum absolute atomic E-state index is 12.0. The molecule has 168 valence electrons. The minimum atomic E-state index is -1.32. The van der Waals surface area contributed by atoms with Crippen LogP contribution in [0, 0.1) is 0 Å². The second kappa shape index (κ2) is 7.76. The molecule has 4 aromatic rings. The van der Waals surface area contributed by atoms with Crippen molar-refractivity contribution in [3.63, 3.8) is 0 Å². The van der Waals surface area contributed by atoms with Gasteiger partial charge in [-0.05, 0) is 26.0 Å². The Labute approximate surface area is 190 Å².